The van der Waals surface area contributed by atoms with E-state index < -0.39 is 5.91 Å². The molecule has 1 N–H and O–H groups in total. The van der Waals surface area contributed by atoms with Crippen molar-refractivity contribution in [2.24, 2.45) is 0 Å². The molecule has 7 heteroatoms. The molecule has 1 aliphatic carbocycles. The second-order valence-electron chi connectivity index (χ2n) is 6.09. The predicted octanol–water partition coefficient (Wildman–Crippen LogP) is 2.70. The van der Waals surface area contributed by atoms with E-state index in [4.69, 9.17) is 0 Å². The Bertz CT molecular complexity index is 1020. The van der Waals surface area contributed by atoms with Crippen molar-refractivity contribution >= 4 is 22.2 Å². The second-order valence-corrected chi connectivity index (χ2v) is 7.15. The zero-order valence-electron chi connectivity index (χ0n) is 13.4. The Morgan fingerprint density at radius 2 is 2.16 bits per heavy atom. The molecule has 2 aromatic heterocycles. The van der Waals surface area contributed by atoms with Crippen LogP contribution in [0.4, 0.5) is 4.39 Å². The van der Waals surface area contributed by atoms with Gasteiger partial charge >= 0.3 is 0 Å². The molecule has 1 aliphatic rings. The maximum absolute atomic E-state index is 13.2. The lowest BCUT2D eigenvalue weighted by Crippen LogP contribution is -2.31. The van der Waals surface area contributed by atoms with Crippen molar-refractivity contribution in [3.05, 3.63) is 68.3 Å². The minimum Gasteiger partial charge on any atom is -0.348 e. The van der Waals surface area contributed by atoms with Crippen LogP contribution in [0, 0.1) is 5.82 Å². The van der Waals surface area contributed by atoms with Crippen LogP contribution in [-0.4, -0.2) is 15.3 Å². The van der Waals surface area contributed by atoms with E-state index in [1.165, 1.54) is 34.5 Å². The van der Waals surface area contributed by atoms with Gasteiger partial charge in [0.05, 0.1) is 0 Å². The van der Waals surface area contributed by atoms with Crippen LogP contribution in [0.15, 0.2) is 35.3 Å². The molecule has 1 aromatic carbocycles. The number of carbonyl (C=O) groups excluding carboxylic acids is 1. The minimum atomic E-state index is -0.494. The fourth-order valence-electron chi connectivity index (χ4n) is 3.15. The number of rotatable bonds is 3. The lowest BCUT2D eigenvalue weighted by molar-refractivity contribution is 0.0949. The first kappa shape index (κ1) is 16.0. The molecule has 0 radical (unpaired) electrons. The molecule has 0 spiro atoms. The molecule has 0 aliphatic heterocycles. The number of fused-ring (bicyclic) bond motifs is 3. The number of benzene rings is 1. The van der Waals surface area contributed by atoms with Crippen molar-refractivity contribution in [3.63, 3.8) is 0 Å². The molecule has 0 saturated heterocycles. The molecular weight excluding hydrogens is 341 g/mol. The van der Waals surface area contributed by atoms with Crippen molar-refractivity contribution < 1.29 is 9.18 Å². The molecule has 128 valence electrons. The number of carbonyl (C=O) groups is 1. The summed E-state index contributed by atoms with van der Waals surface area (Å²) in [7, 11) is 0. The van der Waals surface area contributed by atoms with Crippen LogP contribution in [0.3, 0.4) is 0 Å². The highest BCUT2D eigenvalue weighted by Crippen LogP contribution is 2.28. The largest absolute Gasteiger partial charge is 0.348 e. The lowest BCUT2D eigenvalue weighted by Gasteiger charge is -2.10. The predicted molar refractivity (Wildman–Crippen MR) is 93.6 cm³/mol. The standard InChI is InChI=1S/C18H16FN3O2S/c19-12-5-3-4-11(8-12)9-20-16(23)13-10-21-18-22(17(13)24)14-6-1-2-7-15(14)25-18/h3-5,8,10H,1-2,6-7,9H2,(H,20,23). The van der Waals surface area contributed by atoms with Gasteiger partial charge in [-0.05, 0) is 43.4 Å². The smallest absolute Gasteiger partial charge is 0.271 e. The SMILES string of the molecule is O=C(NCc1cccc(F)c1)c1cnc2sc3c(n2c1=O)CCCC3. The number of aromatic nitrogens is 2. The summed E-state index contributed by atoms with van der Waals surface area (Å²) in [6.07, 6.45) is 5.30. The quantitative estimate of drug-likeness (QED) is 0.784. The maximum Gasteiger partial charge on any atom is 0.271 e. The van der Waals surface area contributed by atoms with Gasteiger partial charge in [-0.1, -0.05) is 12.1 Å². The first-order valence-corrected chi connectivity index (χ1v) is 9.00. The molecule has 0 bridgehead atoms. The average Bonchev–Trinajstić information content (AvgIpc) is 2.99. The Balaban J connectivity index is 1.63. The van der Waals surface area contributed by atoms with E-state index in [1.807, 2.05) is 0 Å². The molecule has 0 fully saturated rings. The molecule has 25 heavy (non-hydrogen) atoms. The van der Waals surface area contributed by atoms with Crippen LogP contribution in [0.25, 0.3) is 4.96 Å². The third-order valence-electron chi connectivity index (χ3n) is 4.39. The molecular formula is C18H16FN3O2S. The number of hydrogen-bond donors (Lipinski definition) is 1. The van der Waals surface area contributed by atoms with Crippen LogP contribution < -0.4 is 10.9 Å². The summed E-state index contributed by atoms with van der Waals surface area (Å²) in [5, 5.41) is 2.66. The third-order valence-corrected chi connectivity index (χ3v) is 5.55. The first-order chi connectivity index (χ1) is 12.1. The van der Waals surface area contributed by atoms with Gasteiger partial charge in [0.2, 0.25) is 0 Å². The van der Waals surface area contributed by atoms with Gasteiger partial charge in [-0.3, -0.25) is 14.0 Å². The van der Waals surface area contributed by atoms with E-state index in [2.05, 4.69) is 10.3 Å². The van der Waals surface area contributed by atoms with Gasteiger partial charge in [-0.15, -0.1) is 11.3 Å². The van der Waals surface area contributed by atoms with E-state index >= 15 is 0 Å². The Kier molecular flexibility index (Phi) is 4.09. The Morgan fingerprint density at radius 3 is 3.00 bits per heavy atom. The normalized spacial score (nSPS) is 13.6. The topological polar surface area (TPSA) is 63.5 Å². The summed E-state index contributed by atoms with van der Waals surface area (Å²) in [6.45, 7) is 0.153. The monoisotopic (exact) mass is 357 g/mol. The van der Waals surface area contributed by atoms with E-state index in [0.29, 0.717) is 10.5 Å². The van der Waals surface area contributed by atoms with Crippen LogP contribution >= 0.6 is 11.3 Å². The average molecular weight is 357 g/mol. The van der Waals surface area contributed by atoms with Gasteiger partial charge in [-0.2, -0.15) is 0 Å². The van der Waals surface area contributed by atoms with Crippen molar-refractivity contribution in [2.45, 2.75) is 32.2 Å². The van der Waals surface area contributed by atoms with Crippen molar-refractivity contribution in [3.8, 4) is 0 Å². The van der Waals surface area contributed by atoms with Gasteiger partial charge in [0.25, 0.3) is 11.5 Å². The number of hydrogen-bond acceptors (Lipinski definition) is 4. The first-order valence-electron chi connectivity index (χ1n) is 8.18. The lowest BCUT2D eigenvalue weighted by atomic mass is 10.0. The fraction of sp³-hybridized carbons (Fsp3) is 0.278. The summed E-state index contributed by atoms with van der Waals surface area (Å²) in [6, 6.07) is 5.99. The molecule has 5 nitrogen and oxygen atoms in total. The van der Waals surface area contributed by atoms with Crippen LogP contribution in [0.2, 0.25) is 0 Å². The van der Waals surface area contributed by atoms with Gasteiger partial charge in [0.15, 0.2) is 4.96 Å². The van der Waals surface area contributed by atoms with Gasteiger partial charge in [0, 0.05) is 23.3 Å². The third kappa shape index (κ3) is 2.95. The Hall–Kier alpha value is -2.54. The van der Waals surface area contributed by atoms with E-state index in [-0.39, 0.29) is 23.5 Å². The summed E-state index contributed by atoms with van der Waals surface area (Å²) in [4.78, 5) is 31.3. The molecule has 1 amide bonds. The van der Waals surface area contributed by atoms with Crippen molar-refractivity contribution in [2.75, 3.05) is 0 Å². The zero-order valence-corrected chi connectivity index (χ0v) is 14.2. The zero-order chi connectivity index (χ0) is 17.4. The highest BCUT2D eigenvalue weighted by Gasteiger charge is 2.21. The van der Waals surface area contributed by atoms with Crippen molar-refractivity contribution in [1.82, 2.24) is 14.7 Å². The molecule has 4 rings (SSSR count). The number of aryl methyl sites for hydroxylation is 2. The van der Waals surface area contributed by atoms with Crippen molar-refractivity contribution in [1.29, 1.82) is 0 Å². The number of thiazole rings is 1. The van der Waals surface area contributed by atoms with E-state index in [0.717, 1.165) is 31.4 Å². The Morgan fingerprint density at radius 1 is 1.32 bits per heavy atom. The van der Waals surface area contributed by atoms with Gasteiger partial charge < -0.3 is 5.32 Å². The van der Waals surface area contributed by atoms with Gasteiger partial charge in [-0.25, -0.2) is 9.37 Å². The highest BCUT2D eigenvalue weighted by molar-refractivity contribution is 7.17. The number of nitrogens with one attached hydrogen (secondary N) is 1. The Labute approximate surface area is 147 Å². The molecule has 0 saturated carbocycles. The summed E-state index contributed by atoms with van der Waals surface area (Å²) in [5.41, 5.74) is 1.31. The summed E-state index contributed by atoms with van der Waals surface area (Å²) in [5.74, 6) is -0.855. The van der Waals surface area contributed by atoms with Crippen LogP contribution in [0.1, 0.15) is 39.3 Å². The second kappa shape index (κ2) is 6.40. The maximum atomic E-state index is 13.2. The molecule has 2 heterocycles. The fourth-order valence-corrected chi connectivity index (χ4v) is 4.32. The number of nitrogens with zero attached hydrogens (tertiary/aromatic N) is 2. The summed E-state index contributed by atoms with van der Waals surface area (Å²) < 4.78 is 14.8. The summed E-state index contributed by atoms with van der Waals surface area (Å²) >= 11 is 1.52. The number of amides is 1. The molecule has 3 aromatic rings. The minimum absolute atomic E-state index is 0.0140. The number of halogens is 1. The highest BCUT2D eigenvalue weighted by atomic mass is 32.1. The van der Waals surface area contributed by atoms with Gasteiger partial charge in [0.1, 0.15) is 11.4 Å². The van der Waals surface area contributed by atoms with E-state index in [1.54, 1.807) is 16.5 Å². The molecule has 0 unspecified atom stereocenters. The van der Waals surface area contributed by atoms with E-state index in [9.17, 15) is 14.0 Å². The molecule has 0 atom stereocenters. The van der Waals surface area contributed by atoms with Crippen LogP contribution in [-0.2, 0) is 19.4 Å². The van der Waals surface area contributed by atoms with Crippen LogP contribution in [0.5, 0.6) is 0 Å².